The molecule has 1 unspecified atom stereocenters. The standard InChI is InChI=1S/C21H31N3O2/c1-14(2)23-20(26)24-16(10-11-19(25)21(3,4)5)12-15-13-22-18-9-7-6-8-17(15)18/h6-9,13-14,16,22H,10-12H2,1-5H3,(H2,23,24,26). The maximum atomic E-state index is 12.3. The maximum Gasteiger partial charge on any atom is 0.315 e. The fraction of sp³-hybridized carbons (Fsp3) is 0.524. The van der Waals surface area contributed by atoms with Crippen LogP contribution in [0.3, 0.4) is 0 Å². The summed E-state index contributed by atoms with van der Waals surface area (Å²) in [7, 11) is 0. The van der Waals surface area contributed by atoms with Crippen molar-refractivity contribution in [1.82, 2.24) is 15.6 Å². The van der Waals surface area contributed by atoms with Crippen molar-refractivity contribution >= 4 is 22.7 Å². The molecule has 0 saturated carbocycles. The first-order chi connectivity index (χ1) is 12.2. The third-order valence-electron chi connectivity index (χ3n) is 4.45. The summed E-state index contributed by atoms with van der Waals surface area (Å²) in [5.74, 6) is 0.215. The van der Waals surface area contributed by atoms with Gasteiger partial charge in [-0.1, -0.05) is 39.0 Å². The van der Waals surface area contributed by atoms with E-state index in [0.717, 1.165) is 16.5 Å². The minimum atomic E-state index is -0.356. The van der Waals surface area contributed by atoms with Gasteiger partial charge in [0.1, 0.15) is 5.78 Å². The number of carbonyl (C=O) groups excluding carboxylic acids is 2. The van der Waals surface area contributed by atoms with Crippen LogP contribution in [0.1, 0.15) is 53.0 Å². The van der Waals surface area contributed by atoms with Gasteiger partial charge in [0.05, 0.1) is 0 Å². The molecule has 0 aliphatic rings. The monoisotopic (exact) mass is 357 g/mol. The smallest absolute Gasteiger partial charge is 0.315 e. The Kier molecular flexibility index (Phi) is 6.46. The van der Waals surface area contributed by atoms with Crippen LogP contribution in [0, 0.1) is 5.41 Å². The zero-order valence-electron chi connectivity index (χ0n) is 16.5. The Bertz CT molecular complexity index is 756. The number of H-pyrrole nitrogens is 1. The number of urea groups is 1. The SMILES string of the molecule is CC(C)NC(=O)NC(CCC(=O)C(C)(C)C)Cc1c[nH]c2ccccc12. The first-order valence-corrected chi connectivity index (χ1v) is 9.32. The Labute approximate surface area is 155 Å². The Morgan fingerprint density at radius 2 is 1.81 bits per heavy atom. The summed E-state index contributed by atoms with van der Waals surface area (Å²) in [5, 5.41) is 7.07. The first-order valence-electron chi connectivity index (χ1n) is 9.32. The molecule has 5 nitrogen and oxygen atoms in total. The van der Waals surface area contributed by atoms with Gasteiger partial charge in [0, 0.05) is 41.0 Å². The van der Waals surface area contributed by atoms with E-state index < -0.39 is 0 Å². The minimum Gasteiger partial charge on any atom is -0.361 e. The molecule has 0 bridgehead atoms. The molecule has 1 aromatic carbocycles. The summed E-state index contributed by atoms with van der Waals surface area (Å²) in [6.07, 6.45) is 3.76. The number of ketones is 1. The molecule has 2 rings (SSSR count). The highest BCUT2D eigenvalue weighted by atomic mass is 16.2. The lowest BCUT2D eigenvalue weighted by Gasteiger charge is -2.22. The number of rotatable bonds is 7. The quantitative estimate of drug-likeness (QED) is 0.695. The van der Waals surface area contributed by atoms with Crippen molar-refractivity contribution in [3.63, 3.8) is 0 Å². The molecule has 3 N–H and O–H groups in total. The van der Waals surface area contributed by atoms with Gasteiger partial charge in [0.25, 0.3) is 0 Å². The third-order valence-corrected chi connectivity index (χ3v) is 4.45. The number of aromatic nitrogens is 1. The van der Waals surface area contributed by atoms with Crippen LogP contribution in [0.5, 0.6) is 0 Å². The highest BCUT2D eigenvalue weighted by Crippen LogP contribution is 2.22. The number of amides is 2. The number of fused-ring (bicyclic) bond motifs is 1. The van der Waals surface area contributed by atoms with E-state index in [2.05, 4.69) is 21.7 Å². The lowest BCUT2D eigenvalue weighted by molar-refractivity contribution is -0.126. The highest BCUT2D eigenvalue weighted by Gasteiger charge is 2.23. The van der Waals surface area contributed by atoms with E-state index in [4.69, 9.17) is 0 Å². The Balaban J connectivity index is 2.11. The molecule has 0 fully saturated rings. The Hall–Kier alpha value is -2.30. The molecule has 1 atom stereocenters. The van der Waals surface area contributed by atoms with Gasteiger partial charge in [-0.3, -0.25) is 4.79 Å². The van der Waals surface area contributed by atoms with E-state index in [-0.39, 0.29) is 29.3 Å². The van der Waals surface area contributed by atoms with Gasteiger partial charge in [-0.25, -0.2) is 4.79 Å². The van der Waals surface area contributed by atoms with Crippen molar-refractivity contribution < 1.29 is 9.59 Å². The van der Waals surface area contributed by atoms with Crippen molar-refractivity contribution in [3.8, 4) is 0 Å². The van der Waals surface area contributed by atoms with Crippen LogP contribution < -0.4 is 10.6 Å². The predicted molar refractivity (Wildman–Crippen MR) is 106 cm³/mol. The number of hydrogen-bond acceptors (Lipinski definition) is 2. The van der Waals surface area contributed by atoms with Gasteiger partial charge in [-0.2, -0.15) is 0 Å². The molecule has 0 saturated heterocycles. The van der Waals surface area contributed by atoms with Crippen LogP contribution in [0.25, 0.3) is 10.9 Å². The molecule has 0 aliphatic carbocycles. The average molecular weight is 357 g/mol. The fourth-order valence-corrected chi connectivity index (χ4v) is 2.96. The van der Waals surface area contributed by atoms with E-state index in [0.29, 0.717) is 19.3 Å². The van der Waals surface area contributed by atoms with Crippen molar-refractivity contribution in [2.24, 2.45) is 5.41 Å². The first kappa shape index (κ1) is 20.0. The number of aromatic amines is 1. The number of hydrogen-bond donors (Lipinski definition) is 3. The van der Waals surface area contributed by atoms with Gasteiger partial charge in [-0.15, -0.1) is 0 Å². The molecular formula is C21H31N3O2. The van der Waals surface area contributed by atoms with Crippen LogP contribution in [0.15, 0.2) is 30.5 Å². The summed E-state index contributed by atoms with van der Waals surface area (Å²) in [6, 6.07) is 7.91. The molecule has 2 aromatic rings. The predicted octanol–water partition coefficient (Wildman–Crippen LogP) is 4.18. The molecule has 142 valence electrons. The molecule has 0 spiro atoms. The van der Waals surface area contributed by atoms with E-state index in [1.807, 2.05) is 59.0 Å². The van der Waals surface area contributed by atoms with Crippen molar-refractivity contribution in [2.75, 3.05) is 0 Å². The van der Waals surface area contributed by atoms with Crippen molar-refractivity contribution in [2.45, 2.75) is 66.0 Å². The van der Waals surface area contributed by atoms with Crippen LogP contribution in [0.2, 0.25) is 0 Å². The average Bonchev–Trinajstić information content (AvgIpc) is 2.93. The van der Waals surface area contributed by atoms with Crippen LogP contribution >= 0.6 is 0 Å². The van der Waals surface area contributed by atoms with Gasteiger partial charge >= 0.3 is 6.03 Å². The topological polar surface area (TPSA) is 74.0 Å². The zero-order chi connectivity index (χ0) is 19.3. The number of benzene rings is 1. The number of nitrogens with one attached hydrogen (secondary N) is 3. The molecule has 0 aliphatic heterocycles. The summed E-state index contributed by atoms with van der Waals surface area (Å²) in [4.78, 5) is 27.8. The van der Waals surface area contributed by atoms with Gasteiger partial charge < -0.3 is 15.6 Å². The molecular weight excluding hydrogens is 326 g/mol. The largest absolute Gasteiger partial charge is 0.361 e. The number of carbonyl (C=O) groups is 2. The number of para-hydroxylation sites is 1. The minimum absolute atomic E-state index is 0.0694. The second-order valence-corrected chi connectivity index (χ2v) is 8.24. The molecule has 2 amide bonds. The van der Waals surface area contributed by atoms with E-state index >= 15 is 0 Å². The summed E-state index contributed by atoms with van der Waals surface area (Å²) < 4.78 is 0. The van der Waals surface area contributed by atoms with Crippen molar-refractivity contribution in [1.29, 1.82) is 0 Å². The lowest BCUT2D eigenvalue weighted by Crippen LogP contribution is -2.45. The lowest BCUT2D eigenvalue weighted by atomic mass is 9.87. The summed E-state index contributed by atoms with van der Waals surface area (Å²) in [6.45, 7) is 9.66. The van der Waals surface area contributed by atoms with Crippen LogP contribution in [-0.2, 0) is 11.2 Å². The molecule has 0 radical (unpaired) electrons. The Morgan fingerprint density at radius 1 is 1.12 bits per heavy atom. The summed E-state index contributed by atoms with van der Waals surface area (Å²) >= 11 is 0. The zero-order valence-corrected chi connectivity index (χ0v) is 16.5. The van der Waals surface area contributed by atoms with Gasteiger partial charge in [0.15, 0.2) is 0 Å². The second kappa shape index (κ2) is 8.39. The van der Waals surface area contributed by atoms with Crippen molar-refractivity contribution in [3.05, 3.63) is 36.0 Å². The molecule has 26 heavy (non-hydrogen) atoms. The normalized spacial score (nSPS) is 13.0. The molecule has 1 heterocycles. The maximum absolute atomic E-state index is 12.3. The molecule has 1 aromatic heterocycles. The Morgan fingerprint density at radius 3 is 2.46 bits per heavy atom. The fourth-order valence-electron chi connectivity index (χ4n) is 2.96. The van der Waals surface area contributed by atoms with Crippen LogP contribution in [-0.4, -0.2) is 28.9 Å². The summed E-state index contributed by atoms with van der Waals surface area (Å²) in [5.41, 5.74) is 1.88. The van der Waals surface area contributed by atoms with Gasteiger partial charge in [-0.05, 0) is 38.3 Å². The van der Waals surface area contributed by atoms with Gasteiger partial charge in [0.2, 0.25) is 0 Å². The second-order valence-electron chi connectivity index (χ2n) is 8.24. The van der Waals surface area contributed by atoms with Crippen LogP contribution in [0.4, 0.5) is 4.79 Å². The third kappa shape index (κ3) is 5.61. The van der Waals surface area contributed by atoms with E-state index in [9.17, 15) is 9.59 Å². The molecule has 5 heteroatoms. The number of Topliss-reactive ketones (excluding diaryl/α,β-unsaturated/α-hetero) is 1. The highest BCUT2D eigenvalue weighted by molar-refractivity contribution is 5.84. The van der Waals surface area contributed by atoms with E-state index in [1.165, 1.54) is 0 Å². The van der Waals surface area contributed by atoms with E-state index in [1.54, 1.807) is 0 Å².